The zero-order valence-corrected chi connectivity index (χ0v) is 11.4. The molecule has 1 rings (SSSR count). The third-order valence-electron chi connectivity index (χ3n) is 2.94. The zero-order chi connectivity index (χ0) is 13.9. The molecule has 0 aliphatic carbocycles. The molecule has 0 spiro atoms. The lowest BCUT2D eigenvalue weighted by Gasteiger charge is -2.27. The number of rotatable bonds is 5. The van der Waals surface area contributed by atoms with Crippen molar-refractivity contribution in [2.24, 2.45) is 5.92 Å². The van der Waals surface area contributed by atoms with Crippen LogP contribution in [0.25, 0.3) is 0 Å². The topological polar surface area (TPSA) is 57.5 Å². The Morgan fingerprint density at radius 2 is 2.11 bits per heavy atom. The molecule has 5 heteroatoms. The van der Waals surface area contributed by atoms with Crippen molar-refractivity contribution < 1.29 is 19.4 Å². The minimum absolute atomic E-state index is 0.0377. The van der Waals surface area contributed by atoms with E-state index in [2.05, 4.69) is 0 Å². The van der Waals surface area contributed by atoms with E-state index in [9.17, 15) is 14.3 Å². The lowest BCUT2D eigenvalue weighted by atomic mass is 9.95. The fourth-order valence-electron chi connectivity index (χ4n) is 1.14. The van der Waals surface area contributed by atoms with Crippen molar-refractivity contribution in [2.45, 2.75) is 31.3 Å². The Morgan fingerprint density at radius 3 is 2.61 bits per heavy atom. The summed E-state index contributed by atoms with van der Waals surface area (Å²) in [5.41, 5.74) is -0.876. The van der Waals surface area contributed by atoms with Crippen LogP contribution in [0.15, 0.2) is 23.1 Å². The molecule has 0 saturated carbocycles. The number of aromatic carboxylic acids is 1. The highest BCUT2D eigenvalue weighted by Crippen LogP contribution is 2.29. The summed E-state index contributed by atoms with van der Waals surface area (Å²) < 4.78 is 13.5. The normalized spacial score (nSPS) is 14.6. The minimum atomic E-state index is -1.09. The Balaban J connectivity index is 2.85. The quantitative estimate of drug-likeness (QED) is 0.809. The van der Waals surface area contributed by atoms with E-state index >= 15 is 0 Å². The molecule has 0 fully saturated rings. The highest BCUT2D eigenvalue weighted by molar-refractivity contribution is 7.99. The van der Waals surface area contributed by atoms with E-state index in [1.54, 1.807) is 6.92 Å². The molecule has 3 nitrogen and oxygen atoms in total. The SMILES string of the molecule is CC(C)C(C)(O)CSc1cc(C(=O)O)ccc1F. The summed E-state index contributed by atoms with van der Waals surface area (Å²) in [4.78, 5) is 11.0. The second-order valence-electron chi connectivity index (χ2n) is 4.75. The highest BCUT2D eigenvalue weighted by Gasteiger charge is 2.25. The van der Waals surface area contributed by atoms with Crippen LogP contribution in [0, 0.1) is 11.7 Å². The first-order valence-corrected chi connectivity index (χ1v) is 6.60. The lowest BCUT2D eigenvalue weighted by Crippen LogP contribution is -2.33. The van der Waals surface area contributed by atoms with E-state index in [4.69, 9.17) is 5.11 Å². The molecule has 0 aliphatic rings. The predicted octanol–water partition coefficient (Wildman–Crippen LogP) is 3.02. The molecule has 0 radical (unpaired) electrons. The number of carbonyl (C=O) groups is 1. The van der Waals surface area contributed by atoms with Crippen LogP contribution in [0.3, 0.4) is 0 Å². The summed E-state index contributed by atoms with van der Waals surface area (Å²) in [6, 6.07) is 3.65. The summed E-state index contributed by atoms with van der Waals surface area (Å²) in [5, 5.41) is 18.9. The number of carboxylic acids is 1. The van der Waals surface area contributed by atoms with Crippen molar-refractivity contribution in [3.05, 3.63) is 29.6 Å². The van der Waals surface area contributed by atoms with Crippen LogP contribution in [0.1, 0.15) is 31.1 Å². The van der Waals surface area contributed by atoms with E-state index in [1.807, 2.05) is 13.8 Å². The summed E-state index contributed by atoms with van der Waals surface area (Å²) in [6.45, 7) is 5.44. The smallest absolute Gasteiger partial charge is 0.335 e. The first-order valence-electron chi connectivity index (χ1n) is 5.62. The molecular formula is C13H17FO3S. The first-order chi connectivity index (χ1) is 8.24. The molecule has 0 aromatic heterocycles. The van der Waals surface area contributed by atoms with Crippen molar-refractivity contribution in [2.75, 3.05) is 5.75 Å². The molecule has 0 aliphatic heterocycles. The molecule has 1 aromatic rings. The fourth-order valence-corrected chi connectivity index (χ4v) is 2.33. The van der Waals surface area contributed by atoms with Crippen molar-refractivity contribution in [1.82, 2.24) is 0 Å². The zero-order valence-electron chi connectivity index (χ0n) is 10.6. The third kappa shape index (κ3) is 3.71. The van der Waals surface area contributed by atoms with Gasteiger partial charge in [-0.2, -0.15) is 0 Å². The van der Waals surface area contributed by atoms with Gasteiger partial charge in [-0.1, -0.05) is 13.8 Å². The van der Waals surface area contributed by atoms with E-state index in [-0.39, 0.29) is 16.4 Å². The molecule has 0 heterocycles. The summed E-state index contributed by atoms with van der Waals surface area (Å²) in [6.07, 6.45) is 0. The molecule has 2 N–H and O–H groups in total. The molecule has 0 saturated heterocycles. The summed E-state index contributed by atoms with van der Waals surface area (Å²) >= 11 is 1.13. The van der Waals surface area contributed by atoms with Gasteiger partial charge in [0.1, 0.15) is 5.82 Å². The standard InChI is InChI=1S/C13H17FO3S/c1-8(2)13(3,17)7-18-11-6-9(12(15)16)4-5-10(11)14/h4-6,8,17H,7H2,1-3H3,(H,15,16). The molecule has 0 amide bonds. The van der Waals surface area contributed by atoms with Gasteiger partial charge in [0.2, 0.25) is 0 Å². The lowest BCUT2D eigenvalue weighted by molar-refractivity contribution is 0.0376. The van der Waals surface area contributed by atoms with Gasteiger partial charge in [0.05, 0.1) is 11.2 Å². The van der Waals surface area contributed by atoms with Gasteiger partial charge in [0, 0.05) is 10.6 Å². The third-order valence-corrected chi connectivity index (χ3v) is 4.29. The second kappa shape index (κ2) is 5.71. The average molecular weight is 272 g/mol. The Morgan fingerprint density at radius 1 is 1.50 bits per heavy atom. The van der Waals surface area contributed by atoms with Gasteiger partial charge in [-0.05, 0) is 31.0 Å². The maximum atomic E-state index is 13.5. The number of aliphatic hydroxyl groups is 1. The average Bonchev–Trinajstić information content (AvgIpc) is 2.27. The number of benzene rings is 1. The van der Waals surface area contributed by atoms with E-state index in [0.717, 1.165) is 17.8 Å². The Hall–Kier alpha value is -1.07. The number of hydrogen-bond donors (Lipinski definition) is 2. The van der Waals surface area contributed by atoms with Crippen molar-refractivity contribution in [1.29, 1.82) is 0 Å². The Labute approximate surface area is 110 Å². The van der Waals surface area contributed by atoms with Gasteiger partial charge in [-0.25, -0.2) is 9.18 Å². The van der Waals surface area contributed by atoms with Gasteiger partial charge in [0.25, 0.3) is 0 Å². The number of thioether (sulfide) groups is 1. The van der Waals surface area contributed by atoms with Crippen LogP contribution < -0.4 is 0 Å². The Kier molecular flexibility index (Phi) is 4.76. The van der Waals surface area contributed by atoms with Gasteiger partial charge >= 0.3 is 5.97 Å². The largest absolute Gasteiger partial charge is 0.478 e. The molecule has 1 unspecified atom stereocenters. The number of hydrogen-bond acceptors (Lipinski definition) is 3. The van der Waals surface area contributed by atoms with Crippen LogP contribution in [0.5, 0.6) is 0 Å². The molecule has 100 valence electrons. The van der Waals surface area contributed by atoms with Crippen LogP contribution in [0.4, 0.5) is 4.39 Å². The minimum Gasteiger partial charge on any atom is -0.478 e. The summed E-state index contributed by atoms with van der Waals surface area (Å²) in [5.74, 6) is -1.21. The predicted molar refractivity (Wildman–Crippen MR) is 69.5 cm³/mol. The first kappa shape index (κ1) is 15.0. The molecular weight excluding hydrogens is 255 g/mol. The van der Waals surface area contributed by atoms with Crippen LogP contribution in [-0.4, -0.2) is 27.5 Å². The van der Waals surface area contributed by atoms with Crippen LogP contribution >= 0.6 is 11.8 Å². The number of halogens is 1. The molecule has 1 atom stereocenters. The van der Waals surface area contributed by atoms with Crippen LogP contribution in [-0.2, 0) is 0 Å². The fraction of sp³-hybridized carbons (Fsp3) is 0.462. The monoisotopic (exact) mass is 272 g/mol. The van der Waals surface area contributed by atoms with E-state index in [0.29, 0.717) is 5.75 Å². The van der Waals surface area contributed by atoms with Gasteiger partial charge < -0.3 is 10.2 Å². The van der Waals surface area contributed by atoms with E-state index < -0.39 is 17.4 Å². The van der Waals surface area contributed by atoms with Gasteiger partial charge in [-0.15, -0.1) is 11.8 Å². The maximum Gasteiger partial charge on any atom is 0.335 e. The summed E-state index contributed by atoms with van der Waals surface area (Å²) in [7, 11) is 0. The van der Waals surface area contributed by atoms with Crippen molar-refractivity contribution in [3.63, 3.8) is 0 Å². The molecule has 0 bridgehead atoms. The number of carboxylic acid groups (broad SMARTS) is 1. The van der Waals surface area contributed by atoms with Gasteiger partial charge in [0.15, 0.2) is 0 Å². The van der Waals surface area contributed by atoms with Crippen molar-refractivity contribution in [3.8, 4) is 0 Å². The Bertz CT molecular complexity index is 444. The second-order valence-corrected chi connectivity index (χ2v) is 5.77. The van der Waals surface area contributed by atoms with Gasteiger partial charge in [-0.3, -0.25) is 0 Å². The molecule has 1 aromatic carbocycles. The van der Waals surface area contributed by atoms with E-state index in [1.165, 1.54) is 12.1 Å². The van der Waals surface area contributed by atoms with Crippen molar-refractivity contribution >= 4 is 17.7 Å². The molecule has 18 heavy (non-hydrogen) atoms. The van der Waals surface area contributed by atoms with Crippen LogP contribution in [0.2, 0.25) is 0 Å². The highest BCUT2D eigenvalue weighted by atomic mass is 32.2. The maximum absolute atomic E-state index is 13.5.